The lowest BCUT2D eigenvalue weighted by molar-refractivity contribution is 0.316. The van der Waals surface area contributed by atoms with Crippen molar-refractivity contribution in [3.05, 3.63) is 34.3 Å². The van der Waals surface area contributed by atoms with E-state index in [-0.39, 0.29) is 0 Å². The first-order valence-electron chi connectivity index (χ1n) is 7.36. The van der Waals surface area contributed by atoms with Crippen LogP contribution in [0, 0.1) is 0 Å². The third kappa shape index (κ3) is 7.71. The zero-order chi connectivity index (χ0) is 13.9. The van der Waals surface area contributed by atoms with Gasteiger partial charge in [-0.3, -0.25) is 0 Å². The van der Waals surface area contributed by atoms with E-state index in [1.54, 1.807) is 0 Å². The molecule has 1 N–H and O–H groups in total. The molecule has 0 aliphatic carbocycles. The van der Waals surface area contributed by atoms with Crippen LogP contribution in [0.15, 0.2) is 28.7 Å². The number of nitrogens with zero attached hydrogens (tertiary/aromatic N) is 1. The van der Waals surface area contributed by atoms with Gasteiger partial charge < -0.3 is 10.2 Å². The number of hydrogen-bond donors (Lipinski definition) is 1. The van der Waals surface area contributed by atoms with Gasteiger partial charge in [-0.05, 0) is 57.6 Å². The molecule has 0 fully saturated rings. The zero-order valence-corrected chi connectivity index (χ0v) is 13.9. The monoisotopic (exact) mass is 326 g/mol. The van der Waals surface area contributed by atoms with Gasteiger partial charge in [-0.2, -0.15) is 0 Å². The fourth-order valence-electron chi connectivity index (χ4n) is 2.11. The summed E-state index contributed by atoms with van der Waals surface area (Å²) in [5.74, 6) is 0. The summed E-state index contributed by atoms with van der Waals surface area (Å²) in [4.78, 5) is 2.40. The molecule has 108 valence electrons. The maximum Gasteiger partial charge on any atom is 0.0241 e. The summed E-state index contributed by atoms with van der Waals surface area (Å²) in [5.41, 5.74) is 1.37. The van der Waals surface area contributed by atoms with Gasteiger partial charge in [0.2, 0.25) is 0 Å². The summed E-state index contributed by atoms with van der Waals surface area (Å²) in [5, 5.41) is 3.45. The van der Waals surface area contributed by atoms with E-state index < -0.39 is 0 Å². The molecular formula is C16H27BrN2. The second-order valence-electron chi connectivity index (χ2n) is 5.14. The molecule has 19 heavy (non-hydrogen) atoms. The van der Waals surface area contributed by atoms with E-state index in [1.165, 1.54) is 48.8 Å². The van der Waals surface area contributed by atoms with Crippen molar-refractivity contribution in [2.75, 3.05) is 26.7 Å². The molecular weight excluding hydrogens is 300 g/mol. The first kappa shape index (κ1) is 16.7. The van der Waals surface area contributed by atoms with Crippen LogP contribution in [-0.2, 0) is 6.54 Å². The Bertz CT molecular complexity index is 341. The van der Waals surface area contributed by atoms with Crippen molar-refractivity contribution in [3.8, 4) is 0 Å². The summed E-state index contributed by atoms with van der Waals surface area (Å²) < 4.78 is 1.21. The highest BCUT2D eigenvalue weighted by molar-refractivity contribution is 9.10. The highest BCUT2D eigenvalue weighted by atomic mass is 79.9. The van der Waals surface area contributed by atoms with Crippen LogP contribution in [0.4, 0.5) is 0 Å². The minimum absolute atomic E-state index is 1.02. The minimum atomic E-state index is 1.02. The van der Waals surface area contributed by atoms with E-state index in [1.807, 2.05) is 0 Å². The normalized spacial score (nSPS) is 11.2. The molecule has 3 heteroatoms. The van der Waals surface area contributed by atoms with Crippen LogP contribution in [0.25, 0.3) is 0 Å². The Labute approximate surface area is 126 Å². The Morgan fingerprint density at radius 2 is 1.89 bits per heavy atom. The third-order valence-electron chi connectivity index (χ3n) is 3.22. The Kier molecular flexibility index (Phi) is 9.14. The van der Waals surface area contributed by atoms with Gasteiger partial charge in [-0.1, -0.05) is 47.5 Å². The van der Waals surface area contributed by atoms with Crippen LogP contribution in [0.2, 0.25) is 0 Å². The van der Waals surface area contributed by atoms with E-state index in [0.717, 1.165) is 13.1 Å². The van der Waals surface area contributed by atoms with Crippen molar-refractivity contribution in [1.82, 2.24) is 10.2 Å². The summed E-state index contributed by atoms with van der Waals surface area (Å²) in [6, 6.07) is 8.47. The number of hydrogen-bond acceptors (Lipinski definition) is 2. The molecule has 0 saturated carbocycles. The van der Waals surface area contributed by atoms with Gasteiger partial charge in [0.25, 0.3) is 0 Å². The quantitative estimate of drug-likeness (QED) is 0.652. The summed E-state index contributed by atoms with van der Waals surface area (Å²) >= 11 is 3.61. The largest absolute Gasteiger partial charge is 0.317 e. The van der Waals surface area contributed by atoms with Crippen molar-refractivity contribution >= 4 is 15.9 Å². The molecule has 1 aromatic carbocycles. The number of unbranched alkanes of at least 4 members (excludes halogenated alkanes) is 2. The molecule has 2 nitrogen and oxygen atoms in total. The van der Waals surface area contributed by atoms with Crippen molar-refractivity contribution < 1.29 is 0 Å². The van der Waals surface area contributed by atoms with Crippen molar-refractivity contribution in [3.63, 3.8) is 0 Å². The topological polar surface area (TPSA) is 15.3 Å². The number of nitrogens with one attached hydrogen (secondary N) is 1. The number of halogens is 1. The van der Waals surface area contributed by atoms with E-state index in [2.05, 4.69) is 64.4 Å². The second kappa shape index (κ2) is 10.4. The van der Waals surface area contributed by atoms with E-state index in [9.17, 15) is 0 Å². The third-order valence-corrected chi connectivity index (χ3v) is 3.99. The molecule has 0 atom stereocenters. The lowest BCUT2D eigenvalue weighted by Gasteiger charge is -2.17. The molecule has 0 unspecified atom stereocenters. The van der Waals surface area contributed by atoms with Gasteiger partial charge in [-0.15, -0.1) is 0 Å². The summed E-state index contributed by atoms with van der Waals surface area (Å²) in [6.45, 7) is 6.73. The van der Waals surface area contributed by atoms with E-state index in [0.29, 0.717) is 0 Å². The van der Waals surface area contributed by atoms with E-state index >= 15 is 0 Å². The molecule has 1 rings (SSSR count). The van der Waals surface area contributed by atoms with Crippen LogP contribution in [0.1, 0.15) is 38.2 Å². The lowest BCUT2D eigenvalue weighted by atomic mass is 10.2. The van der Waals surface area contributed by atoms with Gasteiger partial charge in [0.15, 0.2) is 0 Å². The average Bonchev–Trinajstić information content (AvgIpc) is 2.40. The molecule has 0 aromatic heterocycles. The Balaban J connectivity index is 2.08. The molecule has 0 bridgehead atoms. The predicted molar refractivity (Wildman–Crippen MR) is 87.5 cm³/mol. The maximum atomic E-state index is 3.61. The number of rotatable bonds is 10. The predicted octanol–water partition coefficient (Wildman–Crippen LogP) is 4.05. The Morgan fingerprint density at radius 3 is 2.63 bits per heavy atom. The van der Waals surface area contributed by atoms with Crippen LogP contribution in [0.5, 0.6) is 0 Å². The van der Waals surface area contributed by atoms with Crippen molar-refractivity contribution in [2.45, 2.75) is 39.2 Å². The minimum Gasteiger partial charge on any atom is -0.317 e. The standard InChI is InChI=1S/C16H27BrN2/c1-3-11-18-12-7-4-8-13-19(2)14-15-9-5-6-10-16(15)17/h5-6,9-10,18H,3-4,7-8,11-14H2,1-2H3. The second-order valence-corrected chi connectivity index (χ2v) is 5.99. The molecule has 0 amide bonds. The maximum absolute atomic E-state index is 3.61. The first-order chi connectivity index (χ1) is 9.24. The van der Waals surface area contributed by atoms with Gasteiger partial charge in [0.1, 0.15) is 0 Å². The van der Waals surface area contributed by atoms with Crippen LogP contribution < -0.4 is 5.32 Å². The SMILES string of the molecule is CCCNCCCCCN(C)Cc1ccccc1Br. The Morgan fingerprint density at radius 1 is 1.11 bits per heavy atom. The van der Waals surface area contributed by atoms with Crippen molar-refractivity contribution in [1.29, 1.82) is 0 Å². The van der Waals surface area contributed by atoms with Gasteiger partial charge in [-0.25, -0.2) is 0 Å². The Hall–Kier alpha value is -0.380. The van der Waals surface area contributed by atoms with Crippen LogP contribution >= 0.6 is 15.9 Å². The molecule has 0 aliphatic rings. The fraction of sp³-hybridized carbons (Fsp3) is 0.625. The highest BCUT2D eigenvalue weighted by Crippen LogP contribution is 2.17. The molecule has 0 radical (unpaired) electrons. The van der Waals surface area contributed by atoms with Crippen LogP contribution in [-0.4, -0.2) is 31.6 Å². The number of benzene rings is 1. The zero-order valence-electron chi connectivity index (χ0n) is 12.3. The molecule has 0 saturated heterocycles. The molecule has 0 aliphatic heterocycles. The molecule has 0 spiro atoms. The van der Waals surface area contributed by atoms with Gasteiger partial charge in [0, 0.05) is 11.0 Å². The first-order valence-corrected chi connectivity index (χ1v) is 8.16. The summed E-state index contributed by atoms with van der Waals surface area (Å²) in [6.07, 6.45) is 5.13. The molecule has 1 aromatic rings. The lowest BCUT2D eigenvalue weighted by Crippen LogP contribution is -2.20. The fourth-order valence-corrected chi connectivity index (χ4v) is 2.52. The van der Waals surface area contributed by atoms with Crippen LogP contribution in [0.3, 0.4) is 0 Å². The smallest absolute Gasteiger partial charge is 0.0241 e. The van der Waals surface area contributed by atoms with E-state index in [4.69, 9.17) is 0 Å². The van der Waals surface area contributed by atoms with Crippen molar-refractivity contribution in [2.24, 2.45) is 0 Å². The van der Waals surface area contributed by atoms with Gasteiger partial charge >= 0.3 is 0 Å². The average molecular weight is 327 g/mol. The summed E-state index contributed by atoms with van der Waals surface area (Å²) in [7, 11) is 2.20. The molecule has 0 heterocycles. The van der Waals surface area contributed by atoms with Gasteiger partial charge in [0.05, 0.1) is 0 Å². The highest BCUT2D eigenvalue weighted by Gasteiger charge is 2.03.